The molecule has 22 heavy (non-hydrogen) atoms. The van der Waals surface area contributed by atoms with Crippen LogP contribution in [0.2, 0.25) is 0 Å². The summed E-state index contributed by atoms with van der Waals surface area (Å²) in [5.74, 6) is -0.388. The number of nitrogen functional groups attached to an aromatic ring is 1. The normalized spacial score (nSPS) is 10.5. The van der Waals surface area contributed by atoms with E-state index in [0.29, 0.717) is 17.1 Å². The van der Waals surface area contributed by atoms with Gasteiger partial charge in [-0.05, 0) is 24.3 Å². The van der Waals surface area contributed by atoms with Crippen molar-refractivity contribution in [1.82, 2.24) is 4.98 Å². The van der Waals surface area contributed by atoms with E-state index in [1.54, 1.807) is 0 Å². The molecule has 0 saturated heterocycles. The molecule has 8 heteroatoms. The van der Waals surface area contributed by atoms with Crippen LogP contribution in [0.5, 0.6) is 11.5 Å². The van der Waals surface area contributed by atoms with E-state index in [0.717, 1.165) is 6.08 Å². The summed E-state index contributed by atoms with van der Waals surface area (Å²) < 4.78 is 5.57. The van der Waals surface area contributed by atoms with Gasteiger partial charge in [0.1, 0.15) is 17.3 Å². The highest BCUT2D eigenvalue weighted by Gasteiger charge is 2.09. The molecule has 0 bridgehead atoms. The molecule has 0 fully saturated rings. The highest BCUT2D eigenvalue weighted by atomic mass is 16.6. The molecule has 3 N–H and O–H groups in total. The van der Waals surface area contributed by atoms with Gasteiger partial charge >= 0.3 is 5.97 Å². The third-order valence-corrected chi connectivity index (χ3v) is 2.65. The van der Waals surface area contributed by atoms with E-state index in [2.05, 4.69) is 4.98 Å². The molecular weight excluding hydrogens is 290 g/mol. The molecule has 1 aromatic heterocycles. The number of aromatic nitrogens is 1. The quantitative estimate of drug-likeness (QED) is 0.493. The average molecular weight is 301 g/mol. The molecule has 0 aliphatic rings. The van der Waals surface area contributed by atoms with Crippen LogP contribution in [0, 0.1) is 10.1 Å². The lowest BCUT2D eigenvalue weighted by molar-refractivity contribution is -0.384. The smallest absolute Gasteiger partial charge is 0.328 e. The van der Waals surface area contributed by atoms with Gasteiger partial charge in [0, 0.05) is 24.4 Å². The Kier molecular flexibility index (Phi) is 4.33. The number of non-ortho nitro benzene ring substituents is 1. The highest BCUT2D eigenvalue weighted by Crippen LogP contribution is 2.29. The average Bonchev–Trinajstić information content (AvgIpc) is 2.47. The van der Waals surface area contributed by atoms with Crippen molar-refractivity contribution in [2.24, 2.45) is 0 Å². The van der Waals surface area contributed by atoms with Gasteiger partial charge in [-0.15, -0.1) is 0 Å². The van der Waals surface area contributed by atoms with Crippen molar-refractivity contribution in [2.45, 2.75) is 0 Å². The minimum Gasteiger partial charge on any atom is -0.478 e. The number of pyridine rings is 1. The van der Waals surface area contributed by atoms with Crippen LogP contribution in [-0.2, 0) is 4.79 Å². The number of hydrogen-bond donors (Lipinski definition) is 2. The second-order valence-electron chi connectivity index (χ2n) is 4.13. The predicted octanol–water partition coefficient (Wildman–Crippen LogP) is 2.46. The summed E-state index contributed by atoms with van der Waals surface area (Å²) >= 11 is 0. The van der Waals surface area contributed by atoms with Crippen LogP contribution in [0.15, 0.2) is 42.6 Å². The van der Waals surface area contributed by atoms with Crippen molar-refractivity contribution in [3.8, 4) is 11.5 Å². The minimum absolute atomic E-state index is 0.0624. The maximum absolute atomic E-state index is 10.6. The van der Waals surface area contributed by atoms with Crippen LogP contribution in [0.4, 0.5) is 11.5 Å². The van der Waals surface area contributed by atoms with Crippen molar-refractivity contribution in [3.63, 3.8) is 0 Å². The van der Waals surface area contributed by atoms with Crippen LogP contribution >= 0.6 is 0 Å². The zero-order chi connectivity index (χ0) is 16.1. The van der Waals surface area contributed by atoms with Gasteiger partial charge < -0.3 is 15.6 Å². The SMILES string of the molecule is Nc1nccc(Oc2ccc([N+](=O)[O-])cc2)c1/C=C/C(=O)O. The summed E-state index contributed by atoms with van der Waals surface area (Å²) in [7, 11) is 0. The molecule has 2 rings (SSSR count). The summed E-state index contributed by atoms with van der Waals surface area (Å²) in [6.45, 7) is 0. The molecular formula is C14H11N3O5. The van der Waals surface area contributed by atoms with Crippen molar-refractivity contribution in [2.75, 3.05) is 5.73 Å². The van der Waals surface area contributed by atoms with Crippen molar-refractivity contribution >= 4 is 23.6 Å². The standard InChI is InChI=1S/C14H11N3O5/c15-14-11(5-6-13(18)19)12(7-8-16-14)22-10-3-1-9(2-4-10)17(20)21/h1-8H,(H2,15,16)(H,18,19)/b6-5+. The molecule has 0 aliphatic heterocycles. The Balaban J connectivity index is 2.31. The Hall–Kier alpha value is -3.42. The number of nitrogens with zero attached hydrogens (tertiary/aromatic N) is 2. The lowest BCUT2D eigenvalue weighted by Crippen LogP contribution is -1.97. The number of carboxylic acid groups (broad SMARTS) is 1. The molecule has 0 atom stereocenters. The maximum Gasteiger partial charge on any atom is 0.328 e. The topological polar surface area (TPSA) is 129 Å². The van der Waals surface area contributed by atoms with Crippen molar-refractivity contribution in [3.05, 3.63) is 58.3 Å². The molecule has 1 heterocycles. The monoisotopic (exact) mass is 301 g/mol. The van der Waals surface area contributed by atoms with Crippen LogP contribution in [0.25, 0.3) is 6.08 Å². The maximum atomic E-state index is 10.6. The molecule has 0 unspecified atom stereocenters. The van der Waals surface area contributed by atoms with Gasteiger partial charge in [-0.1, -0.05) is 0 Å². The highest BCUT2D eigenvalue weighted by molar-refractivity contribution is 5.87. The lowest BCUT2D eigenvalue weighted by Gasteiger charge is -2.09. The summed E-state index contributed by atoms with van der Waals surface area (Å²) in [5, 5.41) is 19.3. The lowest BCUT2D eigenvalue weighted by atomic mass is 10.2. The Morgan fingerprint density at radius 3 is 2.59 bits per heavy atom. The number of hydrogen-bond acceptors (Lipinski definition) is 6. The summed E-state index contributed by atoms with van der Waals surface area (Å²) in [6.07, 6.45) is 3.59. The third-order valence-electron chi connectivity index (χ3n) is 2.65. The number of nitrogens with two attached hydrogens (primary N) is 1. The fourth-order valence-electron chi connectivity index (χ4n) is 1.64. The second-order valence-corrected chi connectivity index (χ2v) is 4.13. The minimum atomic E-state index is -1.13. The van der Waals surface area contributed by atoms with Crippen LogP contribution in [-0.4, -0.2) is 21.0 Å². The van der Waals surface area contributed by atoms with Crippen molar-refractivity contribution < 1.29 is 19.6 Å². The zero-order valence-electron chi connectivity index (χ0n) is 11.2. The van der Waals surface area contributed by atoms with E-state index < -0.39 is 10.9 Å². The van der Waals surface area contributed by atoms with Gasteiger partial charge in [0.05, 0.1) is 10.5 Å². The molecule has 0 aliphatic carbocycles. The Morgan fingerprint density at radius 1 is 1.32 bits per heavy atom. The first-order valence-electron chi connectivity index (χ1n) is 6.05. The third kappa shape index (κ3) is 3.57. The number of nitro groups is 1. The van der Waals surface area contributed by atoms with Gasteiger partial charge in [0.25, 0.3) is 5.69 Å². The Labute approximate surface area is 124 Å². The van der Waals surface area contributed by atoms with Gasteiger partial charge in [-0.3, -0.25) is 10.1 Å². The van der Waals surface area contributed by atoms with Gasteiger partial charge in [0.15, 0.2) is 0 Å². The van der Waals surface area contributed by atoms with E-state index in [9.17, 15) is 14.9 Å². The Bertz CT molecular complexity index is 741. The first-order chi connectivity index (χ1) is 10.5. The summed E-state index contributed by atoms with van der Waals surface area (Å²) in [4.78, 5) is 24.5. The zero-order valence-corrected chi connectivity index (χ0v) is 11.2. The van der Waals surface area contributed by atoms with E-state index in [1.165, 1.54) is 42.6 Å². The van der Waals surface area contributed by atoms with Gasteiger partial charge in [-0.25, -0.2) is 9.78 Å². The summed E-state index contributed by atoms with van der Waals surface area (Å²) in [6, 6.07) is 6.97. The fraction of sp³-hybridized carbons (Fsp3) is 0. The van der Waals surface area contributed by atoms with E-state index in [-0.39, 0.29) is 11.5 Å². The number of anilines is 1. The molecule has 0 amide bonds. The largest absolute Gasteiger partial charge is 0.478 e. The van der Waals surface area contributed by atoms with Crippen molar-refractivity contribution in [1.29, 1.82) is 0 Å². The molecule has 0 radical (unpaired) electrons. The number of ether oxygens (including phenoxy) is 1. The number of aliphatic carboxylic acids is 1. The molecule has 1 aromatic carbocycles. The van der Waals surface area contributed by atoms with Crippen LogP contribution < -0.4 is 10.5 Å². The van der Waals surface area contributed by atoms with Crippen LogP contribution in [0.3, 0.4) is 0 Å². The summed E-state index contributed by atoms with van der Waals surface area (Å²) in [5.41, 5.74) is 5.95. The Morgan fingerprint density at radius 2 is 2.00 bits per heavy atom. The number of carboxylic acids is 1. The van der Waals surface area contributed by atoms with E-state index >= 15 is 0 Å². The number of nitro benzene ring substituents is 1. The fourth-order valence-corrected chi connectivity index (χ4v) is 1.64. The second kappa shape index (κ2) is 6.35. The number of benzene rings is 1. The van der Waals surface area contributed by atoms with E-state index in [4.69, 9.17) is 15.6 Å². The first-order valence-corrected chi connectivity index (χ1v) is 6.05. The number of carbonyl (C=O) groups is 1. The van der Waals surface area contributed by atoms with Gasteiger partial charge in [-0.2, -0.15) is 0 Å². The van der Waals surface area contributed by atoms with Gasteiger partial charge in [0.2, 0.25) is 0 Å². The molecule has 8 nitrogen and oxygen atoms in total. The van der Waals surface area contributed by atoms with Crippen LogP contribution in [0.1, 0.15) is 5.56 Å². The number of rotatable bonds is 5. The molecule has 112 valence electrons. The molecule has 2 aromatic rings. The molecule has 0 spiro atoms. The molecule has 0 saturated carbocycles. The van der Waals surface area contributed by atoms with E-state index in [1.807, 2.05) is 0 Å². The first kappa shape index (κ1) is 15.0. The predicted molar refractivity (Wildman–Crippen MR) is 78.5 cm³/mol.